The molecular formula is C15H15N3O3S. The molecule has 0 amide bonds. The van der Waals surface area contributed by atoms with Crippen molar-refractivity contribution in [1.29, 1.82) is 0 Å². The van der Waals surface area contributed by atoms with E-state index < -0.39 is 9.84 Å². The molecule has 3 rings (SSSR count). The predicted octanol–water partition coefficient (Wildman–Crippen LogP) is 2.18. The van der Waals surface area contributed by atoms with Gasteiger partial charge in [0.25, 0.3) is 0 Å². The van der Waals surface area contributed by atoms with E-state index in [1.54, 1.807) is 31.6 Å². The summed E-state index contributed by atoms with van der Waals surface area (Å²) in [6.07, 6.45) is 4.59. The summed E-state index contributed by atoms with van der Waals surface area (Å²) < 4.78 is 28.2. The molecule has 7 heteroatoms. The molecular weight excluding hydrogens is 302 g/mol. The summed E-state index contributed by atoms with van der Waals surface area (Å²) in [6, 6.07) is 7.12. The number of nitrogens with zero attached hydrogens (tertiary/aromatic N) is 2. The smallest absolute Gasteiger partial charge is 0.151 e. The van der Waals surface area contributed by atoms with Crippen LogP contribution in [0.25, 0.3) is 22.4 Å². The number of hydrogen-bond acceptors (Lipinski definition) is 5. The molecule has 6 nitrogen and oxygen atoms in total. The highest BCUT2D eigenvalue weighted by molar-refractivity contribution is 7.89. The Balaban J connectivity index is 2.06. The molecule has 0 aliphatic carbocycles. The summed E-state index contributed by atoms with van der Waals surface area (Å²) in [5.74, 6) is 1.21. The largest absolute Gasteiger partial charge is 0.496 e. The van der Waals surface area contributed by atoms with Crippen molar-refractivity contribution in [2.24, 2.45) is 0 Å². The molecule has 2 heterocycles. The second kappa shape index (κ2) is 5.42. The van der Waals surface area contributed by atoms with Gasteiger partial charge in [-0.1, -0.05) is 6.07 Å². The molecule has 0 aliphatic rings. The van der Waals surface area contributed by atoms with Crippen molar-refractivity contribution in [2.45, 2.75) is 5.75 Å². The lowest BCUT2D eigenvalue weighted by Gasteiger charge is -2.08. The third-order valence-electron chi connectivity index (χ3n) is 3.23. The third kappa shape index (κ3) is 2.94. The molecule has 0 bridgehead atoms. The number of imidazole rings is 1. The summed E-state index contributed by atoms with van der Waals surface area (Å²) in [5.41, 5.74) is 3.10. The van der Waals surface area contributed by atoms with E-state index in [2.05, 4.69) is 15.0 Å². The average Bonchev–Trinajstić information content (AvgIpc) is 2.89. The molecule has 0 atom stereocenters. The number of aromatic amines is 1. The van der Waals surface area contributed by atoms with E-state index in [1.807, 2.05) is 12.1 Å². The number of rotatable bonds is 4. The van der Waals surface area contributed by atoms with Crippen molar-refractivity contribution in [1.82, 2.24) is 15.0 Å². The van der Waals surface area contributed by atoms with Gasteiger partial charge in [-0.05, 0) is 23.8 Å². The van der Waals surface area contributed by atoms with E-state index in [1.165, 1.54) is 6.26 Å². The molecule has 114 valence electrons. The molecule has 1 aromatic carbocycles. The van der Waals surface area contributed by atoms with Crippen LogP contribution in [0.15, 0.2) is 36.7 Å². The number of sulfone groups is 1. The van der Waals surface area contributed by atoms with Crippen molar-refractivity contribution in [3.63, 3.8) is 0 Å². The topological polar surface area (TPSA) is 84.9 Å². The normalized spacial score (nSPS) is 11.7. The van der Waals surface area contributed by atoms with Crippen LogP contribution in [0.4, 0.5) is 0 Å². The van der Waals surface area contributed by atoms with Crippen LogP contribution in [0.2, 0.25) is 0 Å². The Kier molecular flexibility index (Phi) is 3.58. The maximum absolute atomic E-state index is 11.4. The lowest BCUT2D eigenvalue weighted by Crippen LogP contribution is -2.01. The fraction of sp³-hybridized carbons (Fsp3) is 0.200. The van der Waals surface area contributed by atoms with E-state index in [4.69, 9.17) is 4.74 Å². The standard InChI is InChI=1S/C15H15N3O3S/c1-21-14-7-10(9-22(2,19)20)3-4-11(14)15-17-12-5-6-16-8-13(12)18-15/h3-8H,9H2,1-2H3,(H,17,18). The monoisotopic (exact) mass is 317 g/mol. The van der Waals surface area contributed by atoms with Gasteiger partial charge in [-0.25, -0.2) is 13.4 Å². The second-order valence-electron chi connectivity index (χ2n) is 5.08. The van der Waals surface area contributed by atoms with Crippen LogP contribution in [0.3, 0.4) is 0 Å². The molecule has 22 heavy (non-hydrogen) atoms. The van der Waals surface area contributed by atoms with Crippen LogP contribution in [-0.2, 0) is 15.6 Å². The van der Waals surface area contributed by atoms with Gasteiger partial charge in [0.15, 0.2) is 9.84 Å². The van der Waals surface area contributed by atoms with Crippen molar-refractivity contribution >= 4 is 20.9 Å². The molecule has 0 aliphatic heterocycles. The van der Waals surface area contributed by atoms with Crippen molar-refractivity contribution in [3.05, 3.63) is 42.2 Å². The minimum Gasteiger partial charge on any atom is -0.496 e. The van der Waals surface area contributed by atoms with Gasteiger partial charge in [0, 0.05) is 12.5 Å². The average molecular weight is 317 g/mol. The van der Waals surface area contributed by atoms with Gasteiger partial charge in [-0.15, -0.1) is 0 Å². The molecule has 3 aromatic rings. The number of pyridine rings is 1. The lowest BCUT2D eigenvalue weighted by atomic mass is 10.1. The highest BCUT2D eigenvalue weighted by atomic mass is 32.2. The van der Waals surface area contributed by atoms with Crippen LogP contribution in [0.5, 0.6) is 5.75 Å². The lowest BCUT2D eigenvalue weighted by molar-refractivity contribution is 0.416. The van der Waals surface area contributed by atoms with Crippen molar-refractivity contribution < 1.29 is 13.2 Å². The summed E-state index contributed by atoms with van der Waals surface area (Å²) in [5, 5.41) is 0. The highest BCUT2D eigenvalue weighted by Crippen LogP contribution is 2.30. The first kappa shape index (κ1) is 14.5. The number of methoxy groups -OCH3 is 1. The Hall–Kier alpha value is -2.41. The number of nitrogens with one attached hydrogen (secondary N) is 1. The van der Waals surface area contributed by atoms with E-state index in [9.17, 15) is 8.42 Å². The van der Waals surface area contributed by atoms with E-state index in [0.29, 0.717) is 17.1 Å². The molecule has 0 saturated heterocycles. The molecule has 0 unspecified atom stereocenters. The van der Waals surface area contributed by atoms with Gasteiger partial charge in [0.1, 0.15) is 11.6 Å². The summed E-state index contributed by atoms with van der Waals surface area (Å²) in [7, 11) is -1.54. The predicted molar refractivity (Wildman–Crippen MR) is 84.4 cm³/mol. The molecule has 0 radical (unpaired) electrons. The van der Waals surface area contributed by atoms with Gasteiger partial charge in [-0.3, -0.25) is 4.98 Å². The SMILES string of the molecule is COc1cc(CS(C)(=O)=O)ccc1-c1nc2ccncc2[nH]1. The zero-order valence-electron chi connectivity index (χ0n) is 12.2. The van der Waals surface area contributed by atoms with Crippen molar-refractivity contribution in [3.8, 4) is 17.1 Å². The number of hydrogen-bond donors (Lipinski definition) is 1. The highest BCUT2D eigenvalue weighted by Gasteiger charge is 2.13. The maximum Gasteiger partial charge on any atom is 0.151 e. The maximum atomic E-state index is 11.4. The molecule has 0 saturated carbocycles. The first-order valence-electron chi connectivity index (χ1n) is 6.61. The van der Waals surface area contributed by atoms with Gasteiger partial charge in [0.05, 0.1) is 35.7 Å². The van der Waals surface area contributed by atoms with Gasteiger partial charge >= 0.3 is 0 Å². The molecule has 2 aromatic heterocycles. The number of benzene rings is 1. The minimum absolute atomic E-state index is 0.0201. The van der Waals surface area contributed by atoms with Crippen LogP contribution >= 0.6 is 0 Å². The number of aromatic nitrogens is 3. The zero-order valence-corrected chi connectivity index (χ0v) is 13.0. The summed E-state index contributed by atoms with van der Waals surface area (Å²) in [4.78, 5) is 11.7. The quantitative estimate of drug-likeness (QED) is 0.797. The van der Waals surface area contributed by atoms with E-state index in [-0.39, 0.29) is 5.75 Å². The fourth-order valence-electron chi connectivity index (χ4n) is 2.31. The summed E-state index contributed by atoms with van der Waals surface area (Å²) >= 11 is 0. The Labute approximate surface area is 128 Å². The number of fused-ring (bicyclic) bond motifs is 1. The van der Waals surface area contributed by atoms with Gasteiger partial charge < -0.3 is 9.72 Å². The van der Waals surface area contributed by atoms with Crippen LogP contribution in [-0.4, -0.2) is 36.7 Å². The Morgan fingerprint density at radius 3 is 2.77 bits per heavy atom. The molecule has 0 fully saturated rings. The zero-order chi connectivity index (χ0) is 15.7. The Morgan fingerprint density at radius 2 is 2.09 bits per heavy atom. The number of ether oxygens (including phenoxy) is 1. The molecule has 1 N–H and O–H groups in total. The van der Waals surface area contributed by atoms with Gasteiger partial charge in [-0.2, -0.15) is 0 Å². The summed E-state index contributed by atoms with van der Waals surface area (Å²) in [6.45, 7) is 0. The third-order valence-corrected chi connectivity index (χ3v) is 4.09. The van der Waals surface area contributed by atoms with Crippen molar-refractivity contribution in [2.75, 3.05) is 13.4 Å². The fourth-order valence-corrected chi connectivity index (χ4v) is 3.09. The Morgan fingerprint density at radius 1 is 1.27 bits per heavy atom. The van der Waals surface area contributed by atoms with Crippen LogP contribution in [0, 0.1) is 0 Å². The minimum atomic E-state index is -3.09. The first-order valence-corrected chi connectivity index (χ1v) is 8.67. The number of H-pyrrole nitrogens is 1. The Bertz CT molecular complexity index is 899. The van der Waals surface area contributed by atoms with Gasteiger partial charge in [0.2, 0.25) is 0 Å². The van der Waals surface area contributed by atoms with E-state index in [0.717, 1.165) is 16.6 Å². The van der Waals surface area contributed by atoms with Crippen LogP contribution in [0.1, 0.15) is 5.56 Å². The second-order valence-corrected chi connectivity index (χ2v) is 7.22. The first-order chi connectivity index (χ1) is 10.5. The molecule has 0 spiro atoms. The van der Waals surface area contributed by atoms with Crippen LogP contribution < -0.4 is 4.74 Å². The van der Waals surface area contributed by atoms with E-state index >= 15 is 0 Å².